The van der Waals surface area contributed by atoms with Gasteiger partial charge in [0.1, 0.15) is 11.5 Å². The first kappa shape index (κ1) is 20.9. The molecule has 10 nitrogen and oxygen atoms in total. The minimum absolute atomic E-state index is 0.0420. The number of rotatable bonds is 5. The van der Waals surface area contributed by atoms with Gasteiger partial charge in [-0.05, 0) is 31.0 Å². The standard InChI is InChI=1S/C23H24N4O6/c1-29-17-9-16(10-18(11-17)30-2)24-23(28)27-7-3-4-15(12-27)22-26-25-21(33-22)14-5-6-19-20(8-14)32-13-31-19/h5-6,8-11,15H,3-4,7,12-13H2,1-2H3,(H,24,28). The van der Waals surface area contributed by atoms with Crippen molar-refractivity contribution in [3.05, 3.63) is 42.3 Å². The van der Waals surface area contributed by atoms with Gasteiger partial charge < -0.3 is 33.6 Å². The maximum absolute atomic E-state index is 12.9. The molecule has 1 N–H and O–H groups in total. The molecule has 1 unspecified atom stereocenters. The summed E-state index contributed by atoms with van der Waals surface area (Å²) in [6, 6.07) is 10.5. The third-order valence-electron chi connectivity index (χ3n) is 5.72. The number of carbonyl (C=O) groups excluding carboxylic acids is 1. The van der Waals surface area contributed by atoms with Gasteiger partial charge >= 0.3 is 6.03 Å². The summed E-state index contributed by atoms with van der Waals surface area (Å²) in [7, 11) is 3.13. The number of amides is 2. The summed E-state index contributed by atoms with van der Waals surface area (Å²) in [5.74, 6) is 3.44. The smallest absolute Gasteiger partial charge is 0.321 e. The Labute approximate surface area is 190 Å². The molecule has 3 aromatic rings. The quantitative estimate of drug-likeness (QED) is 0.621. The largest absolute Gasteiger partial charge is 0.497 e. The fraction of sp³-hybridized carbons (Fsp3) is 0.348. The Morgan fingerprint density at radius 3 is 2.64 bits per heavy atom. The zero-order valence-corrected chi connectivity index (χ0v) is 18.4. The minimum Gasteiger partial charge on any atom is -0.497 e. The number of benzene rings is 2. The molecule has 2 aliphatic rings. The van der Waals surface area contributed by atoms with Crippen molar-refractivity contribution in [2.75, 3.05) is 39.4 Å². The Kier molecular flexibility index (Phi) is 5.64. The van der Waals surface area contributed by atoms with Crippen LogP contribution in [0.15, 0.2) is 40.8 Å². The van der Waals surface area contributed by atoms with Crippen molar-refractivity contribution in [2.24, 2.45) is 0 Å². The van der Waals surface area contributed by atoms with E-state index in [9.17, 15) is 4.79 Å². The zero-order chi connectivity index (χ0) is 22.8. The first-order valence-electron chi connectivity index (χ1n) is 10.7. The number of methoxy groups -OCH3 is 2. The highest BCUT2D eigenvalue weighted by Gasteiger charge is 2.29. The number of hydrogen-bond acceptors (Lipinski definition) is 8. The normalized spacial score (nSPS) is 17.0. The Morgan fingerprint density at radius 2 is 1.85 bits per heavy atom. The van der Waals surface area contributed by atoms with Crippen LogP contribution in [0.1, 0.15) is 24.7 Å². The number of aromatic nitrogens is 2. The summed E-state index contributed by atoms with van der Waals surface area (Å²) in [6.45, 7) is 1.33. The second-order valence-corrected chi connectivity index (χ2v) is 7.83. The van der Waals surface area contributed by atoms with Crippen LogP contribution >= 0.6 is 0 Å². The Bertz CT molecular complexity index is 1140. The summed E-state index contributed by atoms with van der Waals surface area (Å²) < 4.78 is 27.3. The number of piperidine rings is 1. The van der Waals surface area contributed by atoms with Gasteiger partial charge in [0.15, 0.2) is 11.5 Å². The van der Waals surface area contributed by atoms with Crippen molar-refractivity contribution >= 4 is 11.7 Å². The molecule has 2 aliphatic heterocycles. The van der Waals surface area contributed by atoms with Gasteiger partial charge in [-0.25, -0.2) is 4.79 Å². The first-order valence-corrected chi connectivity index (χ1v) is 10.7. The van der Waals surface area contributed by atoms with Crippen LogP contribution in [0.2, 0.25) is 0 Å². The lowest BCUT2D eigenvalue weighted by Crippen LogP contribution is -2.41. The van der Waals surface area contributed by atoms with E-state index in [0.29, 0.717) is 53.6 Å². The third-order valence-corrected chi connectivity index (χ3v) is 5.72. The molecule has 3 heterocycles. The number of hydrogen-bond donors (Lipinski definition) is 1. The molecule has 2 aromatic carbocycles. The second-order valence-electron chi connectivity index (χ2n) is 7.83. The van der Waals surface area contributed by atoms with Crippen LogP contribution in [0.25, 0.3) is 11.5 Å². The van der Waals surface area contributed by atoms with Crippen LogP contribution in [0.5, 0.6) is 23.0 Å². The van der Waals surface area contributed by atoms with Gasteiger partial charge in [0, 0.05) is 42.5 Å². The van der Waals surface area contributed by atoms with E-state index in [1.165, 1.54) is 0 Å². The van der Waals surface area contributed by atoms with Crippen molar-refractivity contribution in [3.8, 4) is 34.5 Å². The highest BCUT2D eigenvalue weighted by atomic mass is 16.7. The van der Waals surface area contributed by atoms with Crippen molar-refractivity contribution in [1.82, 2.24) is 15.1 Å². The van der Waals surface area contributed by atoms with Gasteiger partial charge in [0.25, 0.3) is 0 Å². The monoisotopic (exact) mass is 452 g/mol. The van der Waals surface area contributed by atoms with Crippen molar-refractivity contribution in [1.29, 1.82) is 0 Å². The molecule has 10 heteroatoms. The molecular weight excluding hydrogens is 428 g/mol. The Morgan fingerprint density at radius 1 is 1.06 bits per heavy atom. The number of carbonyl (C=O) groups is 1. The number of nitrogens with zero attached hydrogens (tertiary/aromatic N) is 3. The molecule has 172 valence electrons. The van der Waals surface area contributed by atoms with Crippen LogP contribution < -0.4 is 24.3 Å². The second kappa shape index (κ2) is 8.89. The Hall–Kier alpha value is -3.95. The van der Waals surface area contributed by atoms with Gasteiger partial charge in [-0.1, -0.05) is 0 Å². The summed E-state index contributed by atoms with van der Waals surface area (Å²) in [6.07, 6.45) is 1.70. The average Bonchev–Trinajstić information content (AvgIpc) is 3.53. The number of fused-ring (bicyclic) bond motifs is 1. The molecule has 0 aliphatic carbocycles. The van der Waals surface area contributed by atoms with Crippen molar-refractivity contribution in [2.45, 2.75) is 18.8 Å². The van der Waals surface area contributed by atoms with Crippen LogP contribution in [0.3, 0.4) is 0 Å². The van der Waals surface area contributed by atoms with Gasteiger partial charge in [0.05, 0.1) is 20.1 Å². The van der Waals surface area contributed by atoms with Crippen molar-refractivity contribution < 1.29 is 28.2 Å². The fourth-order valence-electron chi connectivity index (χ4n) is 3.99. The SMILES string of the molecule is COc1cc(NC(=O)N2CCCC(c3nnc(-c4ccc5c(c4)OCO5)o3)C2)cc(OC)c1. The predicted octanol–water partition coefficient (Wildman–Crippen LogP) is 3.89. The van der Waals surface area contributed by atoms with E-state index in [4.69, 9.17) is 23.4 Å². The summed E-state index contributed by atoms with van der Waals surface area (Å²) in [5.41, 5.74) is 1.36. The molecule has 1 fully saturated rings. The molecule has 0 radical (unpaired) electrons. The average molecular weight is 452 g/mol. The highest BCUT2D eigenvalue weighted by Crippen LogP contribution is 2.36. The summed E-state index contributed by atoms with van der Waals surface area (Å²) in [4.78, 5) is 14.7. The third kappa shape index (κ3) is 4.36. The van der Waals surface area contributed by atoms with Gasteiger partial charge in [-0.15, -0.1) is 10.2 Å². The number of urea groups is 1. The number of anilines is 1. The van der Waals surface area contributed by atoms with E-state index < -0.39 is 0 Å². The molecule has 1 aromatic heterocycles. The van der Waals surface area contributed by atoms with Gasteiger partial charge in [-0.2, -0.15) is 0 Å². The molecular formula is C23H24N4O6. The van der Waals surface area contributed by atoms with E-state index in [2.05, 4.69) is 15.5 Å². The molecule has 1 saturated heterocycles. The van der Waals surface area contributed by atoms with E-state index in [-0.39, 0.29) is 18.7 Å². The van der Waals surface area contributed by atoms with E-state index >= 15 is 0 Å². The van der Waals surface area contributed by atoms with E-state index in [0.717, 1.165) is 18.4 Å². The van der Waals surface area contributed by atoms with E-state index in [1.807, 2.05) is 18.2 Å². The molecule has 5 rings (SSSR count). The van der Waals surface area contributed by atoms with Gasteiger partial charge in [-0.3, -0.25) is 0 Å². The van der Waals surface area contributed by atoms with Gasteiger partial charge in [0.2, 0.25) is 18.6 Å². The molecule has 1 atom stereocenters. The molecule has 0 saturated carbocycles. The fourth-order valence-corrected chi connectivity index (χ4v) is 3.99. The molecule has 0 spiro atoms. The maximum atomic E-state index is 12.9. The van der Waals surface area contributed by atoms with Crippen LogP contribution in [-0.2, 0) is 0 Å². The van der Waals surface area contributed by atoms with Crippen LogP contribution in [-0.4, -0.2) is 55.2 Å². The van der Waals surface area contributed by atoms with Crippen LogP contribution in [0.4, 0.5) is 10.5 Å². The molecule has 0 bridgehead atoms. The number of likely N-dealkylation sites (tertiary alicyclic amines) is 1. The van der Waals surface area contributed by atoms with Crippen LogP contribution in [0, 0.1) is 0 Å². The molecule has 33 heavy (non-hydrogen) atoms. The Balaban J connectivity index is 1.27. The molecule has 2 amide bonds. The number of ether oxygens (including phenoxy) is 4. The zero-order valence-electron chi connectivity index (χ0n) is 18.4. The van der Waals surface area contributed by atoms with Crippen molar-refractivity contribution in [3.63, 3.8) is 0 Å². The lowest BCUT2D eigenvalue weighted by molar-refractivity contribution is 0.174. The topological polar surface area (TPSA) is 108 Å². The first-order chi connectivity index (χ1) is 16.1. The lowest BCUT2D eigenvalue weighted by Gasteiger charge is -2.31. The maximum Gasteiger partial charge on any atom is 0.321 e. The summed E-state index contributed by atoms with van der Waals surface area (Å²) >= 11 is 0. The summed E-state index contributed by atoms with van der Waals surface area (Å²) in [5, 5.41) is 11.4. The minimum atomic E-state index is -0.203. The van der Waals surface area contributed by atoms with E-state index in [1.54, 1.807) is 37.3 Å². The highest BCUT2D eigenvalue weighted by molar-refractivity contribution is 5.90. The lowest BCUT2D eigenvalue weighted by atomic mass is 9.98. The predicted molar refractivity (Wildman–Crippen MR) is 118 cm³/mol. The number of nitrogens with one attached hydrogen (secondary N) is 1.